The monoisotopic (exact) mass is 671 g/mol. The summed E-state index contributed by atoms with van der Waals surface area (Å²) < 4.78 is 29.2. The van der Waals surface area contributed by atoms with Gasteiger partial charge in [-0.25, -0.2) is 8.42 Å². The number of rotatable bonds is 12. The van der Waals surface area contributed by atoms with Crippen LogP contribution in [0, 0.1) is 6.92 Å². The van der Waals surface area contributed by atoms with Gasteiger partial charge in [0.15, 0.2) is 0 Å². The van der Waals surface area contributed by atoms with E-state index in [9.17, 15) is 18.0 Å². The molecule has 0 saturated carbocycles. The van der Waals surface area contributed by atoms with Gasteiger partial charge in [0.05, 0.1) is 20.6 Å². The van der Waals surface area contributed by atoms with Gasteiger partial charge >= 0.3 is 0 Å². The Kier molecular flexibility index (Phi) is 11.3. The average Bonchev–Trinajstić information content (AvgIpc) is 3.00. The van der Waals surface area contributed by atoms with Gasteiger partial charge in [0.25, 0.3) is 10.0 Å². The van der Waals surface area contributed by atoms with Crippen molar-refractivity contribution in [1.82, 2.24) is 10.2 Å². The number of carbonyl (C=O) groups is 2. The maximum Gasteiger partial charge on any atom is 0.264 e. The lowest BCUT2D eigenvalue weighted by Gasteiger charge is -2.34. The highest BCUT2D eigenvalue weighted by Crippen LogP contribution is 2.35. The molecule has 1 atom stereocenters. The van der Waals surface area contributed by atoms with E-state index in [-0.39, 0.29) is 39.5 Å². The zero-order chi connectivity index (χ0) is 31.9. The molecule has 0 unspecified atom stereocenters. The van der Waals surface area contributed by atoms with Crippen LogP contribution in [0.2, 0.25) is 15.1 Å². The molecular formula is C33H32Cl3N3O4S. The van der Waals surface area contributed by atoms with Crippen molar-refractivity contribution in [2.45, 2.75) is 37.8 Å². The highest BCUT2D eigenvalue weighted by Gasteiger charge is 2.35. The molecule has 0 spiro atoms. The number of amides is 2. The molecule has 0 saturated heterocycles. The number of carbonyl (C=O) groups excluding carboxylic acids is 2. The molecule has 4 aromatic carbocycles. The summed E-state index contributed by atoms with van der Waals surface area (Å²) in [4.78, 5) is 29.3. The number of aryl methyl sites for hydroxylation is 1. The first-order valence-electron chi connectivity index (χ1n) is 13.9. The average molecular weight is 673 g/mol. The largest absolute Gasteiger partial charge is 0.355 e. The lowest BCUT2D eigenvalue weighted by atomic mass is 10.0. The Morgan fingerprint density at radius 1 is 0.841 bits per heavy atom. The summed E-state index contributed by atoms with van der Waals surface area (Å²) in [5, 5.41) is 3.39. The minimum absolute atomic E-state index is 0.00424. The molecule has 11 heteroatoms. The van der Waals surface area contributed by atoms with Crippen LogP contribution in [0.15, 0.2) is 102 Å². The van der Waals surface area contributed by atoms with Gasteiger partial charge in [-0.15, -0.1) is 0 Å². The molecule has 0 aliphatic heterocycles. The van der Waals surface area contributed by atoms with Gasteiger partial charge < -0.3 is 10.2 Å². The molecule has 0 heterocycles. The van der Waals surface area contributed by atoms with Gasteiger partial charge in [0.1, 0.15) is 12.6 Å². The molecule has 0 aliphatic rings. The van der Waals surface area contributed by atoms with Crippen molar-refractivity contribution in [2.75, 3.05) is 17.4 Å². The third-order valence-electron chi connectivity index (χ3n) is 6.95. The number of sulfonamides is 1. The second-order valence-corrected chi connectivity index (χ2v) is 13.2. The molecule has 0 fully saturated rings. The molecule has 0 aliphatic carbocycles. The standard InChI is InChI=1S/C33H32Cl3N3O4S/c1-3-37-33(41)30(20-24-9-5-4-6-10-24)38(21-25-11-7-12-26(34)19-25)31(40)22-39(29-14-8-13-28(35)32(29)36)44(42,43)27-17-15-23(2)16-18-27/h4-19,30H,3,20-22H2,1-2H3,(H,37,41)/t30-/m0/s1. The number of nitrogens with one attached hydrogen (secondary N) is 1. The van der Waals surface area contributed by atoms with Crippen LogP contribution in [0.25, 0.3) is 0 Å². The number of benzene rings is 4. The SMILES string of the molecule is CCNC(=O)[C@H](Cc1ccccc1)N(Cc1cccc(Cl)c1)C(=O)CN(c1cccc(Cl)c1Cl)S(=O)(=O)c1ccc(C)cc1. The minimum Gasteiger partial charge on any atom is -0.355 e. The van der Waals surface area contributed by atoms with E-state index >= 15 is 0 Å². The van der Waals surface area contributed by atoms with Crippen molar-refractivity contribution in [2.24, 2.45) is 0 Å². The molecule has 0 aromatic heterocycles. The third-order valence-corrected chi connectivity index (χ3v) is 9.77. The smallest absolute Gasteiger partial charge is 0.264 e. The van der Waals surface area contributed by atoms with Gasteiger partial charge in [-0.3, -0.25) is 13.9 Å². The number of halogens is 3. The van der Waals surface area contributed by atoms with Gasteiger partial charge in [0.2, 0.25) is 11.8 Å². The quantitative estimate of drug-likeness (QED) is 0.177. The molecule has 4 rings (SSSR count). The molecule has 230 valence electrons. The fourth-order valence-corrected chi connectivity index (χ4v) is 6.80. The first kappa shape index (κ1) is 33.3. The van der Waals surface area contributed by atoms with Crippen molar-refractivity contribution in [3.05, 3.63) is 129 Å². The number of anilines is 1. The second-order valence-electron chi connectivity index (χ2n) is 10.1. The topological polar surface area (TPSA) is 86.8 Å². The number of hydrogen-bond acceptors (Lipinski definition) is 4. The summed E-state index contributed by atoms with van der Waals surface area (Å²) in [5.41, 5.74) is 2.40. The lowest BCUT2D eigenvalue weighted by Crippen LogP contribution is -2.53. The Balaban J connectivity index is 1.83. The summed E-state index contributed by atoms with van der Waals surface area (Å²) in [7, 11) is -4.31. The summed E-state index contributed by atoms with van der Waals surface area (Å²) in [5.74, 6) is -0.996. The van der Waals surface area contributed by atoms with Crippen LogP contribution in [0.4, 0.5) is 5.69 Å². The van der Waals surface area contributed by atoms with Crippen LogP contribution in [-0.4, -0.2) is 44.3 Å². The third kappa shape index (κ3) is 8.12. The van der Waals surface area contributed by atoms with E-state index in [4.69, 9.17) is 34.8 Å². The Labute approximate surface area is 273 Å². The maximum absolute atomic E-state index is 14.4. The van der Waals surface area contributed by atoms with Crippen molar-refractivity contribution in [3.8, 4) is 0 Å². The van der Waals surface area contributed by atoms with Gasteiger partial charge in [-0.2, -0.15) is 0 Å². The lowest BCUT2D eigenvalue weighted by molar-refractivity contribution is -0.140. The Hall–Kier alpha value is -3.56. The predicted molar refractivity (Wildman–Crippen MR) is 177 cm³/mol. The zero-order valence-electron chi connectivity index (χ0n) is 24.2. The van der Waals surface area contributed by atoms with Crippen LogP contribution < -0.4 is 9.62 Å². The Morgan fingerprint density at radius 2 is 1.50 bits per heavy atom. The first-order chi connectivity index (χ1) is 21.0. The fourth-order valence-electron chi connectivity index (χ4n) is 4.71. The van der Waals surface area contributed by atoms with Crippen molar-refractivity contribution in [3.63, 3.8) is 0 Å². The van der Waals surface area contributed by atoms with Gasteiger partial charge in [-0.1, -0.05) is 101 Å². The van der Waals surface area contributed by atoms with E-state index in [1.54, 1.807) is 49.4 Å². The molecule has 0 bridgehead atoms. The Bertz CT molecular complexity index is 1720. The van der Waals surface area contributed by atoms with E-state index in [1.807, 2.05) is 37.3 Å². The molecule has 1 N–H and O–H groups in total. The van der Waals surface area contributed by atoms with Crippen molar-refractivity contribution >= 4 is 62.3 Å². The molecular weight excluding hydrogens is 641 g/mol. The van der Waals surface area contributed by atoms with Crippen LogP contribution in [0.1, 0.15) is 23.6 Å². The maximum atomic E-state index is 14.4. The van der Waals surface area contributed by atoms with Crippen LogP contribution in [0.3, 0.4) is 0 Å². The highest BCUT2D eigenvalue weighted by atomic mass is 35.5. The van der Waals surface area contributed by atoms with E-state index in [0.717, 1.165) is 15.4 Å². The molecule has 0 radical (unpaired) electrons. The second kappa shape index (κ2) is 14.9. The van der Waals surface area contributed by atoms with E-state index < -0.39 is 28.5 Å². The molecule has 44 heavy (non-hydrogen) atoms. The van der Waals surface area contributed by atoms with Crippen molar-refractivity contribution < 1.29 is 18.0 Å². The summed E-state index contributed by atoms with van der Waals surface area (Å²) in [6, 6.07) is 26.1. The predicted octanol–water partition coefficient (Wildman–Crippen LogP) is 6.93. The van der Waals surface area contributed by atoms with E-state index in [2.05, 4.69) is 5.32 Å². The van der Waals surface area contributed by atoms with Crippen LogP contribution in [0.5, 0.6) is 0 Å². The van der Waals surface area contributed by atoms with Crippen LogP contribution >= 0.6 is 34.8 Å². The Morgan fingerprint density at radius 3 is 2.16 bits per heavy atom. The zero-order valence-corrected chi connectivity index (χ0v) is 27.3. The molecule has 7 nitrogen and oxygen atoms in total. The van der Waals surface area contributed by atoms with E-state index in [1.165, 1.54) is 29.2 Å². The van der Waals surface area contributed by atoms with E-state index in [0.29, 0.717) is 17.1 Å². The van der Waals surface area contributed by atoms with Crippen LogP contribution in [-0.2, 0) is 32.6 Å². The van der Waals surface area contributed by atoms with Gasteiger partial charge in [0, 0.05) is 24.5 Å². The summed E-state index contributed by atoms with van der Waals surface area (Å²) in [6.07, 6.45) is 0.196. The fraction of sp³-hybridized carbons (Fsp3) is 0.212. The molecule has 2 amide bonds. The number of likely N-dealkylation sites (N-methyl/N-ethyl adjacent to an activating group) is 1. The molecule has 4 aromatic rings. The summed E-state index contributed by atoms with van der Waals surface area (Å²) in [6.45, 7) is 3.32. The normalized spacial score (nSPS) is 11.9. The summed E-state index contributed by atoms with van der Waals surface area (Å²) >= 11 is 19.1. The number of nitrogens with zero attached hydrogens (tertiary/aromatic N) is 2. The highest BCUT2D eigenvalue weighted by molar-refractivity contribution is 7.92. The first-order valence-corrected chi connectivity index (χ1v) is 16.5. The number of hydrogen-bond donors (Lipinski definition) is 1. The van der Waals surface area contributed by atoms with Crippen molar-refractivity contribution in [1.29, 1.82) is 0 Å². The van der Waals surface area contributed by atoms with Gasteiger partial charge in [-0.05, 0) is 61.4 Å². The minimum atomic E-state index is -4.31.